The molecule has 0 saturated carbocycles. The number of aromatic nitrogens is 4. The van der Waals surface area contributed by atoms with Crippen LogP contribution in [-0.4, -0.2) is 40.1 Å². The van der Waals surface area contributed by atoms with Gasteiger partial charge in [0, 0.05) is 33.9 Å². The van der Waals surface area contributed by atoms with E-state index in [0.29, 0.717) is 48.2 Å². The van der Waals surface area contributed by atoms with Crippen molar-refractivity contribution in [2.45, 2.75) is 13.1 Å². The van der Waals surface area contributed by atoms with E-state index < -0.39 is 0 Å². The molecule has 0 aliphatic heterocycles. The van der Waals surface area contributed by atoms with Crippen LogP contribution in [0.2, 0.25) is 0 Å². The van der Waals surface area contributed by atoms with E-state index in [2.05, 4.69) is 4.98 Å². The Labute approximate surface area is 191 Å². The highest BCUT2D eigenvalue weighted by Gasteiger charge is 2.23. The number of halogens is 1. The van der Waals surface area contributed by atoms with Crippen molar-refractivity contribution in [1.29, 1.82) is 0 Å². The molecule has 0 unspecified atom stereocenters. The van der Waals surface area contributed by atoms with E-state index in [1.165, 1.54) is 12.1 Å². The number of benzene rings is 2. The summed E-state index contributed by atoms with van der Waals surface area (Å²) in [6.45, 7) is 1.52. The highest BCUT2D eigenvalue weighted by molar-refractivity contribution is 5.79. The normalized spacial score (nSPS) is 11.0. The molecule has 0 atom stereocenters. The number of ether oxygens (including phenoxy) is 1. The Balaban J connectivity index is 1.82. The topological polar surface area (TPSA) is 65.2 Å². The molecule has 0 saturated heterocycles. The van der Waals surface area contributed by atoms with Gasteiger partial charge in [0.1, 0.15) is 5.82 Å². The fourth-order valence-electron chi connectivity index (χ4n) is 3.82. The second-order valence-electron chi connectivity index (χ2n) is 7.76. The molecule has 0 aliphatic carbocycles. The van der Waals surface area contributed by atoms with Crippen LogP contribution >= 0.6 is 0 Å². The van der Waals surface area contributed by atoms with Crippen LogP contribution in [0.1, 0.15) is 5.56 Å². The molecule has 7 nitrogen and oxygen atoms in total. The predicted octanol–water partition coefficient (Wildman–Crippen LogP) is 3.73. The maximum atomic E-state index is 13.6. The molecule has 8 heteroatoms. The first-order valence-electron chi connectivity index (χ1n) is 10.6. The lowest BCUT2D eigenvalue weighted by Crippen LogP contribution is -2.22. The van der Waals surface area contributed by atoms with Crippen LogP contribution in [0.3, 0.4) is 0 Å². The summed E-state index contributed by atoms with van der Waals surface area (Å²) < 4.78 is 22.2. The van der Waals surface area contributed by atoms with Gasteiger partial charge in [0.25, 0.3) is 5.56 Å². The molecule has 4 rings (SSSR count). The van der Waals surface area contributed by atoms with Gasteiger partial charge in [-0.2, -0.15) is 0 Å². The van der Waals surface area contributed by atoms with Gasteiger partial charge in [-0.15, -0.1) is 0 Å². The Bertz CT molecular complexity index is 1280. The first-order valence-corrected chi connectivity index (χ1v) is 10.6. The third-order valence-electron chi connectivity index (χ3n) is 5.49. The molecule has 0 N–H and O–H groups in total. The smallest absolute Gasteiger partial charge is 0.274 e. The van der Waals surface area contributed by atoms with Crippen molar-refractivity contribution in [3.05, 3.63) is 88.6 Å². The fourth-order valence-corrected chi connectivity index (χ4v) is 3.82. The average molecular weight is 448 g/mol. The molecule has 33 heavy (non-hydrogen) atoms. The van der Waals surface area contributed by atoms with Crippen molar-refractivity contribution in [1.82, 2.24) is 19.3 Å². The number of anilines is 1. The SMILES string of the molecule is COCCn1c(-c2ccnc(N(C)Cc3ccccc3)n2)c(-c2ccc(F)cc2)c(=O)n1C. The van der Waals surface area contributed by atoms with Crippen molar-refractivity contribution < 1.29 is 9.13 Å². The molecule has 0 fully saturated rings. The summed E-state index contributed by atoms with van der Waals surface area (Å²) >= 11 is 0. The Hall–Kier alpha value is -3.78. The molecular formula is C25H26FN5O2. The minimum absolute atomic E-state index is 0.189. The maximum Gasteiger partial charge on any atom is 0.274 e. The van der Waals surface area contributed by atoms with E-state index in [-0.39, 0.29) is 11.4 Å². The van der Waals surface area contributed by atoms with Crippen molar-refractivity contribution in [2.75, 3.05) is 25.7 Å². The molecule has 2 heterocycles. The molecular weight excluding hydrogens is 421 g/mol. The molecule has 4 aromatic rings. The number of hydrogen-bond donors (Lipinski definition) is 0. The van der Waals surface area contributed by atoms with Gasteiger partial charge in [-0.25, -0.2) is 14.4 Å². The Morgan fingerprint density at radius 3 is 2.48 bits per heavy atom. The highest BCUT2D eigenvalue weighted by atomic mass is 19.1. The van der Waals surface area contributed by atoms with Crippen LogP contribution in [0, 0.1) is 5.82 Å². The molecule has 0 bridgehead atoms. The summed E-state index contributed by atoms with van der Waals surface area (Å²) in [6.07, 6.45) is 1.69. The number of methoxy groups -OCH3 is 1. The average Bonchev–Trinajstić information content (AvgIpc) is 3.09. The zero-order valence-electron chi connectivity index (χ0n) is 18.9. The van der Waals surface area contributed by atoms with Gasteiger partial charge >= 0.3 is 0 Å². The lowest BCUT2D eigenvalue weighted by molar-refractivity contribution is 0.179. The van der Waals surface area contributed by atoms with Crippen molar-refractivity contribution in [3.63, 3.8) is 0 Å². The molecule has 0 amide bonds. The summed E-state index contributed by atoms with van der Waals surface area (Å²) in [4.78, 5) is 24.4. The predicted molar refractivity (Wildman–Crippen MR) is 127 cm³/mol. The van der Waals surface area contributed by atoms with Crippen molar-refractivity contribution >= 4 is 5.95 Å². The first kappa shape index (κ1) is 22.4. The van der Waals surface area contributed by atoms with Crippen molar-refractivity contribution in [3.8, 4) is 22.5 Å². The quantitative estimate of drug-likeness (QED) is 0.412. The summed E-state index contributed by atoms with van der Waals surface area (Å²) in [6, 6.07) is 17.8. The maximum absolute atomic E-state index is 13.6. The Morgan fingerprint density at radius 2 is 1.79 bits per heavy atom. The minimum atomic E-state index is -0.359. The monoisotopic (exact) mass is 447 g/mol. The van der Waals surface area contributed by atoms with Gasteiger partial charge in [-0.3, -0.25) is 14.2 Å². The number of hydrogen-bond acceptors (Lipinski definition) is 5. The van der Waals surface area contributed by atoms with Crippen LogP contribution in [-0.2, 0) is 24.9 Å². The number of nitrogens with zero attached hydrogens (tertiary/aromatic N) is 5. The van der Waals surface area contributed by atoms with Crippen LogP contribution in [0.5, 0.6) is 0 Å². The third kappa shape index (κ3) is 4.70. The molecule has 0 aliphatic rings. The van der Waals surface area contributed by atoms with Gasteiger partial charge < -0.3 is 9.64 Å². The van der Waals surface area contributed by atoms with E-state index in [9.17, 15) is 9.18 Å². The standard InChI is InChI=1S/C25H26FN5O2/c1-29(17-18-7-5-4-6-8-18)25-27-14-13-21(28-25)23-22(19-9-11-20(26)12-10-19)24(32)30(2)31(23)15-16-33-3/h4-14H,15-17H2,1-3H3. The van der Waals surface area contributed by atoms with E-state index in [1.54, 1.807) is 43.2 Å². The second-order valence-corrected chi connectivity index (χ2v) is 7.76. The van der Waals surface area contributed by atoms with E-state index in [0.717, 1.165) is 5.56 Å². The summed E-state index contributed by atoms with van der Waals surface area (Å²) in [5.41, 5.74) is 3.28. The van der Waals surface area contributed by atoms with E-state index in [4.69, 9.17) is 9.72 Å². The first-order chi connectivity index (χ1) is 16.0. The summed E-state index contributed by atoms with van der Waals surface area (Å²) in [5, 5.41) is 0. The van der Waals surface area contributed by atoms with Crippen LogP contribution in [0.4, 0.5) is 10.3 Å². The lowest BCUT2D eigenvalue weighted by Gasteiger charge is -2.18. The largest absolute Gasteiger partial charge is 0.383 e. The van der Waals surface area contributed by atoms with Gasteiger partial charge in [-0.05, 0) is 29.3 Å². The lowest BCUT2D eigenvalue weighted by atomic mass is 10.0. The van der Waals surface area contributed by atoms with Crippen LogP contribution in [0.15, 0.2) is 71.7 Å². The third-order valence-corrected chi connectivity index (χ3v) is 5.49. The van der Waals surface area contributed by atoms with E-state index in [1.807, 2.05) is 47.0 Å². The molecule has 2 aromatic heterocycles. The van der Waals surface area contributed by atoms with Crippen molar-refractivity contribution in [2.24, 2.45) is 7.05 Å². The highest BCUT2D eigenvalue weighted by Crippen LogP contribution is 2.30. The molecule has 2 aromatic carbocycles. The zero-order chi connectivity index (χ0) is 23.4. The van der Waals surface area contributed by atoms with Gasteiger partial charge in [0.2, 0.25) is 5.95 Å². The Kier molecular flexibility index (Phi) is 6.65. The summed E-state index contributed by atoms with van der Waals surface area (Å²) in [7, 11) is 5.25. The van der Waals surface area contributed by atoms with Crippen LogP contribution < -0.4 is 10.5 Å². The number of rotatable bonds is 8. The minimum Gasteiger partial charge on any atom is -0.383 e. The summed E-state index contributed by atoms with van der Waals surface area (Å²) in [5.74, 6) is 0.179. The zero-order valence-corrected chi connectivity index (χ0v) is 18.9. The molecule has 0 radical (unpaired) electrons. The van der Waals surface area contributed by atoms with Crippen LogP contribution in [0.25, 0.3) is 22.5 Å². The fraction of sp³-hybridized carbons (Fsp3) is 0.240. The molecule has 0 spiro atoms. The molecule has 170 valence electrons. The van der Waals surface area contributed by atoms with Gasteiger partial charge in [0.15, 0.2) is 0 Å². The van der Waals surface area contributed by atoms with Gasteiger partial charge in [-0.1, -0.05) is 42.5 Å². The van der Waals surface area contributed by atoms with E-state index >= 15 is 0 Å². The second kappa shape index (κ2) is 9.79. The Morgan fingerprint density at radius 1 is 1.06 bits per heavy atom. The van der Waals surface area contributed by atoms with Gasteiger partial charge in [0.05, 0.1) is 30.1 Å².